The van der Waals surface area contributed by atoms with Crippen LogP contribution in [0.25, 0.3) is 6.08 Å². The van der Waals surface area contributed by atoms with Crippen LogP contribution >= 0.6 is 0 Å². The van der Waals surface area contributed by atoms with E-state index < -0.39 is 66.5 Å². The number of rotatable bonds is 6. The lowest BCUT2D eigenvalue weighted by Crippen LogP contribution is -2.59. The van der Waals surface area contributed by atoms with E-state index >= 15 is 0 Å². The Labute approximate surface area is 192 Å². The van der Waals surface area contributed by atoms with E-state index in [9.17, 15) is 45.3 Å². The second kappa shape index (κ2) is 10.4. The van der Waals surface area contributed by atoms with Crippen molar-refractivity contribution < 1.29 is 59.5 Å². The van der Waals surface area contributed by atoms with E-state index in [0.29, 0.717) is 5.56 Å². The van der Waals surface area contributed by atoms with Gasteiger partial charge in [0.2, 0.25) is 6.29 Å². The van der Waals surface area contributed by atoms with E-state index in [1.54, 1.807) is 0 Å². The molecule has 0 radical (unpaired) electrons. The molecule has 0 aromatic heterocycles. The molecule has 1 saturated heterocycles. The number of carbonyl (C=O) groups excluding carboxylic acids is 2. The molecule has 1 heterocycles. The minimum atomic E-state index is -1.81. The summed E-state index contributed by atoms with van der Waals surface area (Å²) < 4.78 is 15.2. The Morgan fingerprint density at radius 3 is 2.15 bits per heavy atom. The fraction of sp³-hybridized carbons (Fsp3) is 0.273. The van der Waals surface area contributed by atoms with Crippen LogP contribution in [-0.2, 0) is 19.0 Å². The molecule has 0 spiro atoms. The van der Waals surface area contributed by atoms with Crippen molar-refractivity contribution in [2.24, 2.45) is 0 Å². The monoisotopic (exact) mass is 478 g/mol. The second-order valence-electron chi connectivity index (χ2n) is 7.34. The summed E-state index contributed by atoms with van der Waals surface area (Å²) >= 11 is 0. The van der Waals surface area contributed by atoms with Gasteiger partial charge in [0, 0.05) is 6.08 Å². The van der Waals surface area contributed by atoms with Crippen molar-refractivity contribution in [3.63, 3.8) is 0 Å². The zero-order valence-electron chi connectivity index (χ0n) is 17.4. The highest BCUT2D eigenvalue weighted by Crippen LogP contribution is 2.35. The SMILES string of the molecule is O=C(C=Cc1ccc(O)cc1)OC1OC(COC(=O)c2cc(O)c(O)c(O)c2)C(O)C(O)C1O. The first kappa shape index (κ1) is 24.8. The molecular formula is C22H22O12. The van der Waals surface area contributed by atoms with Gasteiger partial charge >= 0.3 is 11.9 Å². The molecule has 34 heavy (non-hydrogen) atoms. The van der Waals surface area contributed by atoms with E-state index in [-0.39, 0.29) is 11.3 Å². The second-order valence-corrected chi connectivity index (χ2v) is 7.34. The Kier molecular flexibility index (Phi) is 7.58. The summed E-state index contributed by atoms with van der Waals surface area (Å²) in [5.41, 5.74) is 0.229. The fourth-order valence-corrected chi connectivity index (χ4v) is 3.02. The molecule has 1 aliphatic rings. The first-order valence-electron chi connectivity index (χ1n) is 9.86. The van der Waals surface area contributed by atoms with Gasteiger partial charge in [-0.25, -0.2) is 9.59 Å². The minimum absolute atomic E-state index is 0.0387. The van der Waals surface area contributed by atoms with Gasteiger partial charge in [0.25, 0.3) is 0 Å². The standard InChI is InChI=1S/C22H22O12/c23-12-4-1-10(2-5-12)3-6-16(26)34-22-20(30)19(29)18(28)15(33-22)9-32-21(31)11-7-13(24)17(27)14(25)8-11/h1-8,15,18-20,22-25,27-30H,9H2. The first-order chi connectivity index (χ1) is 16.1. The van der Waals surface area contributed by atoms with Crippen LogP contribution in [0.4, 0.5) is 0 Å². The molecule has 0 amide bonds. The number of hydrogen-bond acceptors (Lipinski definition) is 12. The molecule has 12 heteroatoms. The van der Waals surface area contributed by atoms with Crippen molar-refractivity contribution in [3.05, 3.63) is 53.6 Å². The summed E-state index contributed by atoms with van der Waals surface area (Å²) in [5, 5.41) is 67.9. The molecule has 5 unspecified atom stereocenters. The summed E-state index contributed by atoms with van der Waals surface area (Å²) in [6, 6.07) is 7.54. The maximum Gasteiger partial charge on any atom is 0.338 e. The minimum Gasteiger partial charge on any atom is -0.508 e. The van der Waals surface area contributed by atoms with Crippen molar-refractivity contribution in [3.8, 4) is 23.0 Å². The van der Waals surface area contributed by atoms with Crippen molar-refractivity contribution >= 4 is 18.0 Å². The van der Waals surface area contributed by atoms with Crippen molar-refractivity contribution in [1.29, 1.82) is 0 Å². The van der Waals surface area contributed by atoms with Crippen LogP contribution in [0.1, 0.15) is 15.9 Å². The molecule has 0 aliphatic carbocycles. The van der Waals surface area contributed by atoms with Gasteiger partial charge in [0.1, 0.15) is 36.8 Å². The largest absolute Gasteiger partial charge is 0.508 e. The Morgan fingerprint density at radius 1 is 0.912 bits per heavy atom. The summed E-state index contributed by atoms with van der Waals surface area (Å²) in [6.45, 7) is -0.663. The Hall–Kier alpha value is -3.84. The number of benzene rings is 2. The molecule has 0 saturated carbocycles. The smallest absolute Gasteiger partial charge is 0.338 e. The number of aliphatic hydroxyl groups is 3. The van der Waals surface area contributed by atoms with Gasteiger partial charge in [0.15, 0.2) is 17.2 Å². The lowest BCUT2D eigenvalue weighted by atomic mass is 9.99. The highest BCUT2D eigenvalue weighted by atomic mass is 16.7. The Morgan fingerprint density at radius 2 is 1.53 bits per heavy atom. The summed E-state index contributed by atoms with van der Waals surface area (Å²) in [5.74, 6) is -4.36. The van der Waals surface area contributed by atoms with Crippen LogP contribution in [0.2, 0.25) is 0 Å². The highest BCUT2D eigenvalue weighted by Gasteiger charge is 2.46. The van der Waals surface area contributed by atoms with Gasteiger partial charge in [-0.3, -0.25) is 0 Å². The average Bonchev–Trinajstić information content (AvgIpc) is 2.81. The quantitative estimate of drug-likeness (QED) is 0.163. The molecule has 1 aliphatic heterocycles. The van der Waals surface area contributed by atoms with Gasteiger partial charge in [0.05, 0.1) is 5.56 Å². The van der Waals surface area contributed by atoms with Crippen LogP contribution in [0, 0.1) is 0 Å². The van der Waals surface area contributed by atoms with Crippen LogP contribution < -0.4 is 0 Å². The summed E-state index contributed by atoms with van der Waals surface area (Å²) in [6.07, 6.45) is -6.08. The van der Waals surface area contributed by atoms with E-state index in [4.69, 9.17) is 14.2 Å². The lowest BCUT2D eigenvalue weighted by Gasteiger charge is -2.39. The molecule has 2 aromatic rings. The van der Waals surface area contributed by atoms with Gasteiger partial charge in [-0.2, -0.15) is 0 Å². The average molecular weight is 478 g/mol. The van der Waals surface area contributed by atoms with Crippen LogP contribution in [0.3, 0.4) is 0 Å². The number of carbonyl (C=O) groups is 2. The van der Waals surface area contributed by atoms with Crippen molar-refractivity contribution in [2.45, 2.75) is 30.7 Å². The third-order valence-corrected chi connectivity index (χ3v) is 4.89. The summed E-state index contributed by atoms with van der Waals surface area (Å²) in [7, 11) is 0. The number of phenols is 4. The van der Waals surface area contributed by atoms with E-state index in [1.165, 1.54) is 30.3 Å². The molecular weight excluding hydrogens is 456 g/mol. The Bertz CT molecular complexity index is 1040. The predicted octanol–water partition coefficient (Wildman–Crippen LogP) is -0.270. The molecule has 1 fully saturated rings. The predicted molar refractivity (Wildman–Crippen MR) is 112 cm³/mol. The van der Waals surface area contributed by atoms with E-state index in [1.807, 2.05) is 0 Å². The molecule has 3 rings (SSSR count). The number of aliphatic hydroxyl groups excluding tert-OH is 3. The first-order valence-corrected chi connectivity index (χ1v) is 9.86. The van der Waals surface area contributed by atoms with Gasteiger partial charge < -0.3 is 50.0 Å². The number of esters is 2. The van der Waals surface area contributed by atoms with Crippen LogP contribution in [0.5, 0.6) is 23.0 Å². The molecule has 7 N–H and O–H groups in total. The highest BCUT2D eigenvalue weighted by molar-refractivity contribution is 5.91. The zero-order chi connectivity index (χ0) is 25.0. The van der Waals surface area contributed by atoms with Gasteiger partial charge in [-0.1, -0.05) is 12.1 Å². The molecule has 5 atom stereocenters. The number of phenolic OH excluding ortho intramolecular Hbond substituents is 4. The number of aromatic hydroxyl groups is 4. The van der Waals surface area contributed by atoms with Crippen LogP contribution in [-0.4, -0.2) is 85.0 Å². The molecule has 0 bridgehead atoms. The number of hydrogen-bond donors (Lipinski definition) is 7. The van der Waals surface area contributed by atoms with Crippen molar-refractivity contribution in [1.82, 2.24) is 0 Å². The van der Waals surface area contributed by atoms with Crippen molar-refractivity contribution in [2.75, 3.05) is 6.61 Å². The molecule has 2 aromatic carbocycles. The zero-order valence-corrected chi connectivity index (χ0v) is 17.4. The normalized spacial score (nSPS) is 24.6. The summed E-state index contributed by atoms with van der Waals surface area (Å²) in [4.78, 5) is 24.3. The van der Waals surface area contributed by atoms with Gasteiger partial charge in [-0.05, 0) is 35.9 Å². The lowest BCUT2D eigenvalue weighted by molar-refractivity contribution is -0.290. The third kappa shape index (κ3) is 5.74. The van der Waals surface area contributed by atoms with E-state index in [2.05, 4.69) is 0 Å². The van der Waals surface area contributed by atoms with E-state index in [0.717, 1.165) is 18.2 Å². The van der Waals surface area contributed by atoms with Gasteiger partial charge in [-0.15, -0.1) is 0 Å². The topological polar surface area (TPSA) is 203 Å². The maximum atomic E-state index is 12.2. The molecule has 182 valence electrons. The van der Waals surface area contributed by atoms with Crippen LogP contribution in [0.15, 0.2) is 42.5 Å². The third-order valence-electron chi connectivity index (χ3n) is 4.89. The maximum absolute atomic E-state index is 12.2. The molecule has 12 nitrogen and oxygen atoms in total. The number of ether oxygens (including phenoxy) is 3. The Balaban J connectivity index is 1.62. The fourth-order valence-electron chi connectivity index (χ4n) is 3.02.